The lowest BCUT2D eigenvalue weighted by atomic mass is 10.2. The van der Waals surface area contributed by atoms with Crippen molar-refractivity contribution in [1.29, 1.82) is 0 Å². The van der Waals surface area contributed by atoms with Crippen LogP contribution in [0.1, 0.15) is 30.1 Å². The third-order valence-electron chi connectivity index (χ3n) is 2.47. The Morgan fingerprint density at radius 1 is 1.22 bits per heavy atom. The fraction of sp³-hybridized carbons (Fsp3) is 0.500. The Hall–Kier alpha value is -1.55. The van der Waals surface area contributed by atoms with Gasteiger partial charge in [-0.3, -0.25) is 4.79 Å². The second kappa shape index (κ2) is 8.53. The Kier molecular flexibility index (Phi) is 6.87. The topological polar surface area (TPSA) is 44.8 Å². The molecule has 0 aliphatic rings. The maximum Gasteiger partial charge on any atom is 0.171 e. The van der Waals surface area contributed by atoms with Crippen molar-refractivity contribution in [3.8, 4) is 11.5 Å². The molecule has 100 valence electrons. The summed E-state index contributed by atoms with van der Waals surface area (Å²) in [5.74, 6) is 1.04. The first-order valence-corrected chi connectivity index (χ1v) is 6.16. The molecule has 0 heterocycles. The van der Waals surface area contributed by atoms with Crippen LogP contribution in [-0.4, -0.2) is 33.2 Å². The van der Waals surface area contributed by atoms with Crippen LogP contribution in [0.4, 0.5) is 0 Å². The number of para-hydroxylation sites is 1. The first kappa shape index (κ1) is 14.5. The highest BCUT2D eigenvalue weighted by Crippen LogP contribution is 2.29. The number of unbranched alkanes of at least 4 members (excludes halogenated alkanes) is 1. The van der Waals surface area contributed by atoms with Crippen molar-refractivity contribution in [2.75, 3.05) is 26.9 Å². The number of carbonyl (C=O) groups excluding carboxylic acids is 1. The van der Waals surface area contributed by atoms with Gasteiger partial charge in [-0.05, 0) is 18.6 Å². The Morgan fingerprint density at radius 3 is 2.72 bits per heavy atom. The molecule has 0 saturated heterocycles. The molecule has 0 unspecified atom stereocenters. The van der Waals surface area contributed by atoms with Crippen LogP contribution in [-0.2, 0) is 4.74 Å². The molecule has 0 bridgehead atoms. The largest absolute Gasteiger partial charge is 0.493 e. The van der Waals surface area contributed by atoms with Crippen LogP contribution in [0.15, 0.2) is 18.2 Å². The summed E-state index contributed by atoms with van der Waals surface area (Å²) in [6.07, 6.45) is 2.92. The van der Waals surface area contributed by atoms with Gasteiger partial charge in [0.05, 0.1) is 19.3 Å². The second-order valence-electron chi connectivity index (χ2n) is 3.81. The zero-order chi connectivity index (χ0) is 13.2. The molecule has 0 aromatic heterocycles. The summed E-state index contributed by atoms with van der Waals surface area (Å²) in [5, 5.41) is 0. The minimum atomic E-state index is 0.408. The molecule has 0 N–H and O–H groups in total. The number of methoxy groups -OCH3 is 1. The molecule has 0 spiro atoms. The highest BCUT2D eigenvalue weighted by atomic mass is 16.5. The molecule has 0 aliphatic carbocycles. The number of carbonyl (C=O) groups is 1. The molecule has 0 saturated carbocycles. The normalized spacial score (nSPS) is 10.1. The Bertz CT molecular complexity index is 363. The highest BCUT2D eigenvalue weighted by molar-refractivity contribution is 5.81. The van der Waals surface area contributed by atoms with Gasteiger partial charge in [0.1, 0.15) is 6.61 Å². The van der Waals surface area contributed by atoms with Crippen LogP contribution < -0.4 is 9.47 Å². The monoisotopic (exact) mass is 252 g/mol. The smallest absolute Gasteiger partial charge is 0.171 e. The Labute approximate surface area is 108 Å². The lowest BCUT2D eigenvalue weighted by molar-refractivity contribution is 0.0958. The number of aldehydes is 1. The molecule has 4 heteroatoms. The third kappa shape index (κ3) is 4.37. The van der Waals surface area contributed by atoms with E-state index in [-0.39, 0.29) is 0 Å². The van der Waals surface area contributed by atoms with Gasteiger partial charge in [-0.15, -0.1) is 0 Å². The van der Waals surface area contributed by atoms with Crippen molar-refractivity contribution in [2.24, 2.45) is 0 Å². The van der Waals surface area contributed by atoms with E-state index < -0.39 is 0 Å². The van der Waals surface area contributed by atoms with Gasteiger partial charge in [0.2, 0.25) is 0 Å². The van der Waals surface area contributed by atoms with E-state index in [1.807, 2.05) is 0 Å². The van der Waals surface area contributed by atoms with E-state index in [0.717, 1.165) is 25.7 Å². The van der Waals surface area contributed by atoms with E-state index in [0.29, 0.717) is 30.3 Å². The molecule has 4 nitrogen and oxygen atoms in total. The maximum absolute atomic E-state index is 10.9. The van der Waals surface area contributed by atoms with Gasteiger partial charge in [0, 0.05) is 6.61 Å². The maximum atomic E-state index is 10.9. The molecule has 1 rings (SSSR count). The van der Waals surface area contributed by atoms with Gasteiger partial charge in [-0.2, -0.15) is 0 Å². The minimum Gasteiger partial charge on any atom is -0.493 e. The summed E-state index contributed by atoms with van der Waals surface area (Å²) in [6.45, 7) is 3.78. The number of hydrogen-bond acceptors (Lipinski definition) is 4. The van der Waals surface area contributed by atoms with Crippen LogP contribution in [0, 0.1) is 0 Å². The SMILES string of the molecule is CCCCOCCOc1c(C=O)cccc1OC. The van der Waals surface area contributed by atoms with E-state index in [1.54, 1.807) is 25.3 Å². The van der Waals surface area contributed by atoms with Crippen molar-refractivity contribution in [1.82, 2.24) is 0 Å². The van der Waals surface area contributed by atoms with Gasteiger partial charge in [0.15, 0.2) is 17.8 Å². The molecular weight excluding hydrogens is 232 g/mol. The molecule has 0 radical (unpaired) electrons. The number of ether oxygens (including phenoxy) is 3. The van der Waals surface area contributed by atoms with Crippen molar-refractivity contribution < 1.29 is 19.0 Å². The van der Waals surface area contributed by atoms with E-state index >= 15 is 0 Å². The summed E-state index contributed by atoms with van der Waals surface area (Å²) in [6, 6.07) is 5.22. The molecule has 0 aliphatic heterocycles. The van der Waals surface area contributed by atoms with Crippen LogP contribution in [0.25, 0.3) is 0 Å². The summed E-state index contributed by atoms with van der Waals surface area (Å²) >= 11 is 0. The first-order valence-electron chi connectivity index (χ1n) is 6.16. The fourth-order valence-electron chi connectivity index (χ4n) is 1.49. The third-order valence-corrected chi connectivity index (χ3v) is 2.47. The second-order valence-corrected chi connectivity index (χ2v) is 3.81. The Balaban J connectivity index is 2.47. The zero-order valence-corrected chi connectivity index (χ0v) is 11.0. The predicted octanol–water partition coefficient (Wildman–Crippen LogP) is 2.70. The van der Waals surface area contributed by atoms with Gasteiger partial charge < -0.3 is 14.2 Å². The van der Waals surface area contributed by atoms with Gasteiger partial charge in [0.25, 0.3) is 0 Å². The van der Waals surface area contributed by atoms with Crippen LogP contribution in [0.3, 0.4) is 0 Å². The molecule has 18 heavy (non-hydrogen) atoms. The molecule has 1 aromatic rings. The van der Waals surface area contributed by atoms with Gasteiger partial charge in [-0.25, -0.2) is 0 Å². The quantitative estimate of drug-likeness (QED) is 0.500. The Morgan fingerprint density at radius 2 is 2.06 bits per heavy atom. The standard InChI is InChI=1S/C14H20O4/c1-3-4-8-17-9-10-18-14-12(11-15)6-5-7-13(14)16-2/h5-7,11H,3-4,8-10H2,1-2H3. The van der Waals surface area contributed by atoms with Crippen molar-refractivity contribution >= 4 is 6.29 Å². The fourth-order valence-corrected chi connectivity index (χ4v) is 1.49. The number of benzene rings is 1. The molecule has 0 atom stereocenters. The van der Waals surface area contributed by atoms with Crippen LogP contribution >= 0.6 is 0 Å². The summed E-state index contributed by atoms with van der Waals surface area (Å²) in [4.78, 5) is 10.9. The summed E-state index contributed by atoms with van der Waals surface area (Å²) in [7, 11) is 1.55. The molecular formula is C14H20O4. The summed E-state index contributed by atoms with van der Waals surface area (Å²) in [5.41, 5.74) is 0.489. The average molecular weight is 252 g/mol. The first-order chi connectivity index (χ1) is 8.83. The van der Waals surface area contributed by atoms with Crippen molar-refractivity contribution in [3.63, 3.8) is 0 Å². The van der Waals surface area contributed by atoms with Crippen molar-refractivity contribution in [3.05, 3.63) is 23.8 Å². The molecule has 0 fully saturated rings. The van der Waals surface area contributed by atoms with Crippen LogP contribution in [0.2, 0.25) is 0 Å². The molecule has 1 aromatic carbocycles. The highest BCUT2D eigenvalue weighted by Gasteiger charge is 2.09. The lowest BCUT2D eigenvalue weighted by Gasteiger charge is -2.12. The molecule has 0 amide bonds. The van der Waals surface area contributed by atoms with Gasteiger partial charge >= 0.3 is 0 Å². The number of hydrogen-bond donors (Lipinski definition) is 0. The van der Waals surface area contributed by atoms with E-state index in [2.05, 4.69) is 6.92 Å². The van der Waals surface area contributed by atoms with Crippen molar-refractivity contribution in [2.45, 2.75) is 19.8 Å². The average Bonchev–Trinajstić information content (AvgIpc) is 2.42. The van der Waals surface area contributed by atoms with E-state index in [9.17, 15) is 4.79 Å². The van der Waals surface area contributed by atoms with Gasteiger partial charge in [-0.1, -0.05) is 19.4 Å². The van der Waals surface area contributed by atoms with E-state index in [4.69, 9.17) is 14.2 Å². The number of rotatable bonds is 9. The predicted molar refractivity (Wildman–Crippen MR) is 69.6 cm³/mol. The summed E-state index contributed by atoms with van der Waals surface area (Å²) < 4.78 is 16.1. The van der Waals surface area contributed by atoms with Crippen LogP contribution in [0.5, 0.6) is 11.5 Å². The lowest BCUT2D eigenvalue weighted by Crippen LogP contribution is -2.09. The minimum absolute atomic E-state index is 0.408. The van der Waals surface area contributed by atoms with E-state index in [1.165, 1.54) is 0 Å². The zero-order valence-electron chi connectivity index (χ0n) is 11.0.